The van der Waals surface area contributed by atoms with E-state index in [4.69, 9.17) is 4.52 Å². The lowest BCUT2D eigenvalue weighted by Crippen LogP contribution is -2.08. The molecule has 1 amide bonds. The van der Waals surface area contributed by atoms with Crippen molar-refractivity contribution >= 4 is 11.6 Å². The third-order valence-electron chi connectivity index (χ3n) is 4.29. The first-order valence-electron chi connectivity index (χ1n) is 8.76. The van der Waals surface area contributed by atoms with E-state index >= 15 is 0 Å². The summed E-state index contributed by atoms with van der Waals surface area (Å²) in [6.07, 6.45) is 6.98. The molecule has 140 valence electrons. The van der Waals surface area contributed by atoms with Crippen molar-refractivity contribution in [3.05, 3.63) is 67.1 Å². The van der Waals surface area contributed by atoms with Gasteiger partial charge in [0, 0.05) is 48.5 Å². The Morgan fingerprint density at radius 2 is 1.82 bits per heavy atom. The fourth-order valence-electron chi connectivity index (χ4n) is 2.90. The minimum Gasteiger partial charge on any atom is -0.337 e. The standard InChI is InChI=1S/C20H18N6O2/c1-13(20-24-18(25-28-20)15-7-9-21-10-8-15)26-12-11-22-19(26)16-3-5-17(6-4-16)23-14(2)27/h3-13H,1-2H3,(H,23,27). The van der Waals surface area contributed by atoms with Crippen LogP contribution in [-0.2, 0) is 4.79 Å². The summed E-state index contributed by atoms with van der Waals surface area (Å²) in [4.78, 5) is 24.2. The van der Waals surface area contributed by atoms with Crippen molar-refractivity contribution in [3.8, 4) is 22.8 Å². The van der Waals surface area contributed by atoms with E-state index in [-0.39, 0.29) is 11.9 Å². The summed E-state index contributed by atoms with van der Waals surface area (Å²) in [6.45, 7) is 3.45. The quantitative estimate of drug-likeness (QED) is 0.573. The van der Waals surface area contributed by atoms with Crippen LogP contribution in [0.4, 0.5) is 5.69 Å². The highest BCUT2D eigenvalue weighted by Crippen LogP contribution is 2.27. The fraction of sp³-hybridized carbons (Fsp3) is 0.150. The van der Waals surface area contributed by atoms with Gasteiger partial charge in [-0.2, -0.15) is 4.98 Å². The molecule has 4 rings (SSSR count). The number of nitrogens with zero attached hydrogens (tertiary/aromatic N) is 5. The van der Waals surface area contributed by atoms with Crippen LogP contribution in [0, 0.1) is 0 Å². The van der Waals surface area contributed by atoms with Crippen molar-refractivity contribution < 1.29 is 9.32 Å². The maximum absolute atomic E-state index is 11.2. The Morgan fingerprint density at radius 1 is 1.07 bits per heavy atom. The molecule has 0 bridgehead atoms. The number of anilines is 1. The van der Waals surface area contributed by atoms with Gasteiger partial charge in [0.15, 0.2) is 0 Å². The Bertz CT molecular complexity index is 1090. The van der Waals surface area contributed by atoms with Gasteiger partial charge < -0.3 is 14.4 Å². The van der Waals surface area contributed by atoms with E-state index in [1.807, 2.05) is 54.1 Å². The van der Waals surface area contributed by atoms with E-state index in [0.29, 0.717) is 11.7 Å². The van der Waals surface area contributed by atoms with Crippen LogP contribution >= 0.6 is 0 Å². The number of carbonyl (C=O) groups is 1. The zero-order valence-corrected chi connectivity index (χ0v) is 15.4. The van der Waals surface area contributed by atoms with Crippen molar-refractivity contribution in [1.29, 1.82) is 0 Å². The molecule has 1 aromatic carbocycles. The molecule has 0 aliphatic heterocycles. The third-order valence-corrected chi connectivity index (χ3v) is 4.29. The van der Waals surface area contributed by atoms with Gasteiger partial charge in [0.25, 0.3) is 0 Å². The Morgan fingerprint density at radius 3 is 2.54 bits per heavy atom. The lowest BCUT2D eigenvalue weighted by atomic mass is 10.2. The van der Waals surface area contributed by atoms with Crippen LogP contribution in [0.25, 0.3) is 22.8 Å². The normalized spacial score (nSPS) is 11.9. The molecule has 28 heavy (non-hydrogen) atoms. The van der Waals surface area contributed by atoms with Gasteiger partial charge in [0.2, 0.25) is 17.6 Å². The van der Waals surface area contributed by atoms with Gasteiger partial charge in [-0.05, 0) is 43.3 Å². The van der Waals surface area contributed by atoms with Crippen LogP contribution < -0.4 is 5.32 Å². The number of imidazole rings is 1. The van der Waals surface area contributed by atoms with E-state index < -0.39 is 0 Å². The monoisotopic (exact) mass is 374 g/mol. The number of carbonyl (C=O) groups excluding carboxylic acids is 1. The second-order valence-electron chi connectivity index (χ2n) is 6.28. The molecule has 1 N–H and O–H groups in total. The van der Waals surface area contributed by atoms with Crippen LogP contribution in [0.3, 0.4) is 0 Å². The Kier molecular flexibility index (Phi) is 4.67. The van der Waals surface area contributed by atoms with E-state index in [1.54, 1.807) is 18.6 Å². The molecule has 1 atom stereocenters. The number of pyridine rings is 1. The van der Waals surface area contributed by atoms with Gasteiger partial charge in [0.05, 0.1) is 0 Å². The first kappa shape index (κ1) is 17.6. The molecule has 0 aliphatic rings. The lowest BCUT2D eigenvalue weighted by molar-refractivity contribution is -0.114. The zero-order chi connectivity index (χ0) is 19.5. The van der Waals surface area contributed by atoms with Gasteiger partial charge in [-0.3, -0.25) is 9.78 Å². The minimum atomic E-state index is -0.199. The number of hydrogen-bond donors (Lipinski definition) is 1. The highest BCUT2D eigenvalue weighted by molar-refractivity contribution is 5.88. The van der Waals surface area contributed by atoms with Crippen molar-refractivity contribution in [1.82, 2.24) is 24.7 Å². The van der Waals surface area contributed by atoms with E-state index in [9.17, 15) is 4.79 Å². The molecule has 0 saturated heterocycles. The topological polar surface area (TPSA) is 98.7 Å². The molecule has 4 aromatic rings. The van der Waals surface area contributed by atoms with Crippen molar-refractivity contribution in [2.75, 3.05) is 5.32 Å². The van der Waals surface area contributed by atoms with Gasteiger partial charge >= 0.3 is 0 Å². The summed E-state index contributed by atoms with van der Waals surface area (Å²) in [5, 5.41) is 6.83. The van der Waals surface area contributed by atoms with Gasteiger partial charge in [-0.25, -0.2) is 4.98 Å². The molecule has 0 saturated carbocycles. The predicted molar refractivity (Wildman–Crippen MR) is 103 cm³/mol. The number of benzene rings is 1. The van der Waals surface area contributed by atoms with Gasteiger partial charge in [-0.15, -0.1) is 0 Å². The summed E-state index contributed by atoms with van der Waals surface area (Å²) < 4.78 is 7.45. The summed E-state index contributed by atoms with van der Waals surface area (Å²) >= 11 is 0. The van der Waals surface area contributed by atoms with Crippen LogP contribution in [0.2, 0.25) is 0 Å². The average Bonchev–Trinajstić information content (AvgIpc) is 3.38. The molecular formula is C20H18N6O2. The smallest absolute Gasteiger partial charge is 0.249 e. The number of aromatic nitrogens is 5. The highest BCUT2D eigenvalue weighted by Gasteiger charge is 2.20. The van der Waals surface area contributed by atoms with Crippen molar-refractivity contribution in [3.63, 3.8) is 0 Å². The maximum atomic E-state index is 11.2. The first-order valence-corrected chi connectivity index (χ1v) is 8.76. The number of nitrogens with one attached hydrogen (secondary N) is 1. The fourth-order valence-corrected chi connectivity index (χ4v) is 2.90. The van der Waals surface area contributed by atoms with Crippen LogP contribution in [0.15, 0.2) is 65.7 Å². The van der Waals surface area contributed by atoms with Crippen LogP contribution in [-0.4, -0.2) is 30.6 Å². The second-order valence-corrected chi connectivity index (χ2v) is 6.28. The molecule has 1 unspecified atom stereocenters. The minimum absolute atomic E-state index is 0.107. The van der Waals surface area contributed by atoms with Gasteiger partial charge in [-0.1, -0.05) is 5.16 Å². The summed E-state index contributed by atoms with van der Waals surface area (Å²) in [7, 11) is 0. The van der Waals surface area contributed by atoms with Crippen molar-refractivity contribution in [2.45, 2.75) is 19.9 Å². The third kappa shape index (κ3) is 3.52. The number of rotatable bonds is 5. The van der Waals surface area contributed by atoms with E-state index in [2.05, 4.69) is 25.4 Å². The molecule has 0 spiro atoms. The highest BCUT2D eigenvalue weighted by atomic mass is 16.5. The SMILES string of the molecule is CC(=O)Nc1ccc(-c2nccn2C(C)c2nc(-c3ccncc3)no2)cc1. The largest absolute Gasteiger partial charge is 0.337 e. The first-order chi connectivity index (χ1) is 13.6. The molecule has 8 nitrogen and oxygen atoms in total. The molecule has 0 fully saturated rings. The summed E-state index contributed by atoms with van der Waals surface area (Å²) in [6, 6.07) is 11.0. The van der Waals surface area contributed by atoms with Crippen LogP contribution in [0.5, 0.6) is 0 Å². The molecule has 8 heteroatoms. The van der Waals surface area contributed by atoms with E-state index in [0.717, 1.165) is 22.6 Å². The molecule has 0 radical (unpaired) electrons. The Hall–Kier alpha value is -3.81. The van der Waals surface area contributed by atoms with Crippen LogP contribution in [0.1, 0.15) is 25.8 Å². The molecular weight excluding hydrogens is 356 g/mol. The van der Waals surface area contributed by atoms with E-state index in [1.165, 1.54) is 6.92 Å². The molecule has 3 heterocycles. The summed E-state index contributed by atoms with van der Waals surface area (Å²) in [5.74, 6) is 1.67. The average molecular weight is 374 g/mol. The summed E-state index contributed by atoms with van der Waals surface area (Å²) in [5.41, 5.74) is 2.50. The Labute approximate surface area is 161 Å². The number of hydrogen-bond acceptors (Lipinski definition) is 6. The molecule has 0 aliphatic carbocycles. The number of amides is 1. The maximum Gasteiger partial charge on any atom is 0.249 e. The van der Waals surface area contributed by atoms with Gasteiger partial charge in [0.1, 0.15) is 11.9 Å². The second kappa shape index (κ2) is 7.43. The van der Waals surface area contributed by atoms with Crippen molar-refractivity contribution in [2.24, 2.45) is 0 Å². The zero-order valence-electron chi connectivity index (χ0n) is 15.4. The lowest BCUT2D eigenvalue weighted by Gasteiger charge is -2.13. The Balaban J connectivity index is 1.60. The molecule has 3 aromatic heterocycles. The predicted octanol–water partition coefficient (Wildman–Crippen LogP) is 3.56.